The van der Waals surface area contributed by atoms with Gasteiger partial charge in [-0.1, -0.05) is 23.2 Å². The van der Waals surface area contributed by atoms with Crippen LogP contribution in [-0.2, 0) is 0 Å². The van der Waals surface area contributed by atoms with Crippen molar-refractivity contribution in [3.8, 4) is 0 Å². The zero-order valence-electron chi connectivity index (χ0n) is 6.44. The summed E-state index contributed by atoms with van der Waals surface area (Å²) < 4.78 is 13.0. The van der Waals surface area contributed by atoms with Gasteiger partial charge in [0.2, 0.25) is 0 Å². The first-order valence-corrected chi connectivity index (χ1v) is 3.95. The topological polar surface area (TPSA) is 50.2 Å². The van der Waals surface area contributed by atoms with Crippen molar-refractivity contribution in [1.82, 2.24) is 4.98 Å². The molecule has 70 valence electrons. The molecule has 1 rings (SSSR count). The zero-order chi connectivity index (χ0) is 10.2. The summed E-state index contributed by atoms with van der Waals surface area (Å²) in [5.74, 6) is -2.13. The summed E-state index contributed by atoms with van der Waals surface area (Å²) in [6, 6.07) is 0. The van der Waals surface area contributed by atoms with Gasteiger partial charge in [-0.25, -0.2) is 14.2 Å². The van der Waals surface area contributed by atoms with Crippen LogP contribution in [0.3, 0.4) is 0 Å². The third kappa shape index (κ3) is 1.73. The molecule has 0 spiro atoms. The van der Waals surface area contributed by atoms with Crippen LogP contribution in [0.25, 0.3) is 0 Å². The minimum Gasteiger partial charge on any atom is -0.476 e. The molecule has 1 aromatic heterocycles. The number of pyridine rings is 1. The zero-order valence-corrected chi connectivity index (χ0v) is 7.95. The lowest BCUT2D eigenvalue weighted by Gasteiger charge is -2.03. The summed E-state index contributed by atoms with van der Waals surface area (Å²) in [6.07, 6.45) is 0. The Hall–Kier alpha value is -0.870. The quantitative estimate of drug-likeness (QED) is 0.797. The van der Waals surface area contributed by atoms with Crippen LogP contribution < -0.4 is 0 Å². The number of hydrogen-bond donors (Lipinski definition) is 1. The number of carboxylic acids is 1. The van der Waals surface area contributed by atoms with Gasteiger partial charge in [-0.2, -0.15) is 0 Å². The Labute approximate surface area is 83.1 Å². The second kappa shape index (κ2) is 3.47. The van der Waals surface area contributed by atoms with Crippen molar-refractivity contribution in [3.05, 3.63) is 27.3 Å². The molecular formula is C7H4Cl2FNO2. The molecule has 1 N–H and O–H groups in total. The van der Waals surface area contributed by atoms with Crippen molar-refractivity contribution < 1.29 is 14.3 Å². The van der Waals surface area contributed by atoms with E-state index in [1.54, 1.807) is 0 Å². The smallest absolute Gasteiger partial charge is 0.356 e. The van der Waals surface area contributed by atoms with Crippen LogP contribution in [0.15, 0.2) is 0 Å². The van der Waals surface area contributed by atoms with E-state index in [2.05, 4.69) is 4.98 Å². The Morgan fingerprint density at radius 3 is 2.46 bits per heavy atom. The van der Waals surface area contributed by atoms with Crippen LogP contribution in [-0.4, -0.2) is 16.1 Å². The lowest BCUT2D eigenvalue weighted by molar-refractivity contribution is 0.0690. The Balaban J connectivity index is 3.50. The number of aromatic nitrogens is 1. The van der Waals surface area contributed by atoms with Gasteiger partial charge in [0.25, 0.3) is 0 Å². The first-order valence-electron chi connectivity index (χ1n) is 3.19. The Morgan fingerprint density at radius 2 is 2.00 bits per heavy atom. The number of rotatable bonds is 1. The van der Waals surface area contributed by atoms with E-state index in [1.807, 2.05) is 0 Å². The van der Waals surface area contributed by atoms with Crippen molar-refractivity contribution in [3.63, 3.8) is 0 Å². The second-order valence-corrected chi connectivity index (χ2v) is 3.05. The molecule has 0 unspecified atom stereocenters. The number of nitrogens with zero attached hydrogens (tertiary/aromatic N) is 1. The number of hydrogen-bond acceptors (Lipinski definition) is 2. The molecule has 0 saturated heterocycles. The van der Waals surface area contributed by atoms with E-state index in [0.29, 0.717) is 0 Å². The van der Waals surface area contributed by atoms with Crippen LogP contribution in [0.1, 0.15) is 16.2 Å². The molecule has 0 aliphatic rings. The summed E-state index contributed by atoms with van der Waals surface area (Å²) in [4.78, 5) is 14.0. The fourth-order valence-electron chi connectivity index (χ4n) is 0.767. The molecular weight excluding hydrogens is 220 g/mol. The van der Waals surface area contributed by atoms with E-state index in [4.69, 9.17) is 28.3 Å². The molecule has 3 nitrogen and oxygen atoms in total. The summed E-state index contributed by atoms with van der Waals surface area (Å²) in [6.45, 7) is 1.31. The molecule has 0 aromatic carbocycles. The summed E-state index contributed by atoms with van der Waals surface area (Å²) >= 11 is 10.9. The van der Waals surface area contributed by atoms with Gasteiger partial charge in [0.15, 0.2) is 11.5 Å². The summed E-state index contributed by atoms with van der Waals surface area (Å²) in [5.41, 5.74) is -0.530. The third-order valence-corrected chi connectivity index (χ3v) is 2.21. The van der Waals surface area contributed by atoms with Crippen LogP contribution >= 0.6 is 23.2 Å². The highest BCUT2D eigenvalue weighted by atomic mass is 35.5. The van der Waals surface area contributed by atoms with Crippen molar-refractivity contribution >= 4 is 29.2 Å². The number of aryl methyl sites for hydroxylation is 1. The van der Waals surface area contributed by atoms with Gasteiger partial charge in [0, 0.05) is 0 Å². The van der Waals surface area contributed by atoms with E-state index in [0.717, 1.165) is 0 Å². The maximum atomic E-state index is 13.0. The van der Waals surface area contributed by atoms with Crippen molar-refractivity contribution in [2.45, 2.75) is 6.92 Å². The molecule has 0 saturated carbocycles. The van der Waals surface area contributed by atoms with Gasteiger partial charge < -0.3 is 5.11 Å². The predicted molar refractivity (Wildman–Crippen MR) is 45.9 cm³/mol. The highest BCUT2D eigenvalue weighted by molar-refractivity contribution is 6.43. The monoisotopic (exact) mass is 223 g/mol. The molecule has 0 fully saturated rings. The molecule has 0 amide bonds. The molecule has 1 aromatic rings. The lowest BCUT2D eigenvalue weighted by atomic mass is 10.3. The van der Waals surface area contributed by atoms with E-state index in [1.165, 1.54) is 6.92 Å². The lowest BCUT2D eigenvalue weighted by Crippen LogP contribution is -2.05. The largest absolute Gasteiger partial charge is 0.476 e. The van der Waals surface area contributed by atoms with E-state index in [9.17, 15) is 9.18 Å². The van der Waals surface area contributed by atoms with Crippen molar-refractivity contribution in [2.75, 3.05) is 0 Å². The van der Waals surface area contributed by atoms with Crippen LogP contribution in [0.2, 0.25) is 10.0 Å². The number of aromatic carboxylic acids is 1. The maximum Gasteiger partial charge on any atom is 0.356 e. The molecule has 1 heterocycles. The van der Waals surface area contributed by atoms with Gasteiger partial charge in [0.05, 0.1) is 15.7 Å². The molecule has 0 atom stereocenters. The first-order chi connectivity index (χ1) is 5.95. The average molecular weight is 224 g/mol. The summed E-state index contributed by atoms with van der Waals surface area (Å²) in [5, 5.41) is 7.79. The van der Waals surface area contributed by atoms with Crippen LogP contribution in [0.5, 0.6) is 0 Å². The predicted octanol–water partition coefficient (Wildman–Crippen LogP) is 2.53. The van der Waals surface area contributed by atoms with E-state index in [-0.39, 0.29) is 10.7 Å². The van der Waals surface area contributed by atoms with Crippen molar-refractivity contribution in [2.24, 2.45) is 0 Å². The van der Waals surface area contributed by atoms with Crippen LogP contribution in [0.4, 0.5) is 4.39 Å². The normalized spacial score (nSPS) is 10.2. The van der Waals surface area contributed by atoms with E-state index >= 15 is 0 Å². The Morgan fingerprint density at radius 1 is 1.46 bits per heavy atom. The summed E-state index contributed by atoms with van der Waals surface area (Å²) in [7, 11) is 0. The highest BCUT2D eigenvalue weighted by Crippen LogP contribution is 2.28. The minimum absolute atomic E-state index is 0.0909. The first kappa shape index (κ1) is 10.2. The standard InChI is InChI=1S/C7H4Cl2FNO2/c1-2-5(10)3(8)4(9)6(11-2)7(12)13/h1H3,(H,12,13). The van der Waals surface area contributed by atoms with Gasteiger partial charge in [0.1, 0.15) is 0 Å². The van der Waals surface area contributed by atoms with Gasteiger partial charge in [-0.05, 0) is 6.92 Å². The molecule has 0 radical (unpaired) electrons. The average Bonchev–Trinajstić information content (AvgIpc) is 2.07. The molecule has 0 bridgehead atoms. The van der Waals surface area contributed by atoms with Gasteiger partial charge >= 0.3 is 5.97 Å². The fraction of sp³-hybridized carbons (Fsp3) is 0.143. The fourth-order valence-corrected chi connectivity index (χ4v) is 1.20. The number of halogens is 3. The minimum atomic E-state index is -1.34. The Kier molecular flexibility index (Phi) is 2.73. The third-order valence-electron chi connectivity index (χ3n) is 1.39. The second-order valence-electron chi connectivity index (χ2n) is 2.29. The van der Waals surface area contributed by atoms with Crippen molar-refractivity contribution in [1.29, 1.82) is 0 Å². The maximum absolute atomic E-state index is 13.0. The highest BCUT2D eigenvalue weighted by Gasteiger charge is 2.19. The number of carbonyl (C=O) groups is 1. The van der Waals surface area contributed by atoms with Gasteiger partial charge in [-0.15, -0.1) is 0 Å². The molecule has 6 heteroatoms. The molecule has 13 heavy (non-hydrogen) atoms. The number of carboxylic acid groups (broad SMARTS) is 1. The van der Waals surface area contributed by atoms with E-state index < -0.39 is 22.5 Å². The SMILES string of the molecule is Cc1nc(C(=O)O)c(Cl)c(Cl)c1F. The van der Waals surface area contributed by atoms with Crippen LogP contribution in [0, 0.1) is 12.7 Å². The molecule has 0 aliphatic carbocycles. The molecule has 0 aliphatic heterocycles. The Bertz CT molecular complexity index is 381. The van der Waals surface area contributed by atoms with Gasteiger partial charge in [-0.3, -0.25) is 0 Å².